The maximum atomic E-state index is 6.26. The fourth-order valence-electron chi connectivity index (χ4n) is 3.85. The van der Waals surface area contributed by atoms with Crippen molar-refractivity contribution >= 4 is 88.5 Å². The van der Waals surface area contributed by atoms with E-state index in [-0.39, 0.29) is 0 Å². The molecule has 0 N–H and O–H groups in total. The molecular weight excluding hydrogens is 286 g/mol. The SMILES string of the molecule is Bc1c(B)c(B)c(-c2cccc3c2oc2ccccc23)c(B)c1B. The molecule has 0 saturated carbocycles. The van der Waals surface area contributed by atoms with Gasteiger partial charge in [0.15, 0.2) is 0 Å². The number of hydrogen-bond donors (Lipinski definition) is 0. The fourth-order valence-corrected chi connectivity index (χ4v) is 3.85. The van der Waals surface area contributed by atoms with Crippen molar-refractivity contribution in [3.8, 4) is 11.1 Å². The first-order valence-corrected chi connectivity index (χ1v) is 8.48. The molecule has 0 aliphatic carbocycles. The molecule has 0 fully saturated rings. The Bertz CT molecular complexity index is 1080. The molecular formula is C18H17B5O. The Balaban J connectivity index is 2.16. The molecule has 0 unspecified atom stereocenters. The third-order valence-electron chi connectivity index (χ3n) is 5.67. The average molecular weight is 303 g/mol. The summed E-state index contributed by atoms with van der Waals surface area (Å²) in [5.41, 5.74) is 11.3. The second-order valence-electron chi connectivity index (χ2n) is 6.78. The zero-order valence-electron chi connectivity index (χ0n) is 14.9. The molecule has 0 bridgehead atoms. The highest BCUT2D eigenvalue weighted by Gasteiger charge is 2.17. The summed E-state index contributed by atoms with van der Waals surface area (Å²) in [5, 5.41) is 2.38. The molecule has 1 nitrogen and oxygen atoms in total. The van der Waals surface area contributed by atoms with Crippen LogP contribution < -0.4 is 27.3 Å². The Morgan fingerprint density at radius 3 is 1.88 bits per heavy atom. The smallest absolute Gasteiger partial charge is 0.143 e. The van der Waals surface area contributed by atoms with E-state index in [9.17, 15) is 0 Å². The largest absolute Gasteiger partial charge is 0.455 e. The van der Waals surface area contributed by atoms with Crippen molar-refractivity contribution in [1.82, 2.24) is 0 Å². The van der Waals surface area contributed by atoms with Crippen molar-refractivity contribution in [3.63, 3.8) is 0 Å². The first kappa shape index (κ1) is 15.3. The number of furan rings is 1. The molecule has 110 valence electrons. The van der Waals surface area contributed by atoms with Gasteiger partial charge in [-0.1, -0.05) is 47.3 Å². The minimum atomic E-state index is 0.954. The van der Waals surface area contributed by atoms with Gasteiger partial charge in [0.05, 0.1) is 0 Å². The molecule has 24 heavy (non-hydrogen) atoms. The van der Waals surface area contributed by atoms with Gasteiger partial charge < -0.3 is 4.42 Å². The van der Waals surface area contributed by atoms with E-state index in [4.69, 9.17) is 4.42 Å². The average Bonchev–Trinajstić information content (AvgIpc) is 2.98. The maximum Gasteiger partial charge on any atom is 0.143 e. The van der Waals surface area contributed by atoms with Gasteiger partial charge in [0, 0.05) is 16.3 Å². The third kappa shape index (κ3) is 2.02. The van der Waals surface area contributed by atoms with Crippen molar-refractivity contribution in [1.29, 1.82) is 0 Å². The summed E-state index contributed by atoms with van der Waals surface area (Å²) in [5.74, 6) is 0. The van der Waals surface area contributed by atoms with E-state index in [1.807, 2.05) is 12.1 Å². The summed E-state index contributed by atoms with van der Waals surface area (Å²) in [7, 11) is 11.1. The van der Waals surface area contributed by atoms with E-state index >= 15 is 0 Å². The lowest BCUT2D eigenvalue weighted by atomic mass is 9.59. The van der Waals surface area contributed by atoms with Gasteiger partial charge in [0.1, 0.15) is 50.4 Å². The van der Waals surface area contributed by atoms with Crippen molar-refractivity contribution in [2.45, 2.75) is 0 Å². The summed E-state index contributed by atoms with van der Waals surface area (Å²) in [4.78, 5) is 0. The molecule has 1 aromatic heterocycles. The molecule has 0 atom stereocenters. The Labute approximate surface area is 146 Å². The van der Waals surface area contributed by atoms with Crippen LogP contribution in [0.3, 0.4) is 0 Å². The highest BCUT2D eigenvalue weighted by atomic mass is 16.3. The molecule has 0 radical (unpaired) electrons. The lowest BCUT2D eigenvalue weighted by Gasteiger charge is -2.20. The Hall–Kier alpha value is -2.22. The number of benzene rings is 3. The number of rotatable bonds is 1. The molecule has 0 aliphatic rings. The molecule has 4 aromatic rings. The first-order chi connectivity index (χ1) is 11.5. The highest BCUT2D eigenvalue weighted by molar-refractivity contribution is 6.68. The van der Waals surface area contributed by atoms with Crippen LogP contribution in [-0.4, -0.2) is 39.2 Å². The van der Waals surface area contributed by atoms with Crippen LogP contribution in [0.25, 0.3) is 33.1 Å². The first-order valence-electron chi connectivity index (χ1n) is 8.48. The van der Waals surface area contributed by atoms with Gasteiger partial charge in [-0.15, -0.1) is 16.4 Å². The third-order valence-corrected chi connectivity index (χ3v) is 5.67. The van der Waals surface area contributed by atoms with E-state index in [0.29, 0.717) is 0 Å². The van der Waals surface area contributed by atoms with Crippen molar-refractivity contribution in [2.24, 2.45) is 0 Å². The van der Waals surface area contributed by atoms with Crippen molar-refractivity contribution < 1.29 is 4.42 Å². The van der Waals surface area contributed by atoms with Crippen LogP contribution in [0.5, 0.6) is 0 Å². The predicted molar refractivity (Wildman–Crippen MR) is 120 cm³/mol. The summed E-state index contributed by atoms with van der Waals surface area (Å²) >= 11 is 0. The molecule has 0 aliphatic heterocycles. The lowest BCUT2D eigenvalue weighted by Crippen LogP contribution is -2.55. The normalized spacial score (nSPS) is 11.3. The van der Waals surface area contributed by atoms with Gasteiger partial charge in [-0.05, 0) is 11.6 Å². The summed E-state index contributed by atoms with van der Waals surface area (Å²) < 4.78 is 6.26. The highest BCUT2D eigenvalue weighted by Crippen LogP contribution is 2.34. The number of para-hydroxylation sites is 2. The summed E-state index contributed by atoms with van der Waals surface area (Å²) in [6, 6.07) is 14.8. The van der Waals surface area contributed by atoms with Crippen LogP contribution in [0.15, 0.2) is 46.9 Å². The Morgan fingerprint density at radius 1 is 0.583 bits per heavy atom. The van der Waals surface area contributed by atoms with Gasteiger partial charge >= 0.3 is 0 Å². The fraction of sp³-hybridized carbons (Fsp3) is 0. The Morgan fingerprint density at radius 2 is 1.17 bits per heavy atom. The number of hydrogen-bond acceptors (Lipinski definition) is 1. The summed E-state index contributed by atoms with van der Waals surface area (Å²) in [6.07, 6.45) is 0. The molecule has 3 aromatic carbocycles. The summed E-state index contributed by atoms with van der Waals surface area (Å²) in [6.45, 7) is 0. The van der Waals surface area contributed by atoms with E-state index in [1.54, 1.807) is 0 Å². The zero-order chi connectivity index (χ0) is 17.0. The number of fused-ring (bicyclic) bond motifs is 3. The van der Waals surface area contributed by atoms with Crippen LogP contribution in [0.1, 0.15) is 0 Å². The van der Waals surface area contributed by atoms with Crippen molar-refractivity contribution in [2.75, 3.05) is 0 Å². The van der Waals surface area contributed by atoms with Crippen LogP contribution in [-0.2, 0) is 0 Å². The zero-order valence-corrected chi connectivity index (χ0v) is 14.9. The van der Waals surface area contributed by atoms with Gasteiger partial charge in [-0.2, -0.15) is 0 Å². The second kappa shape index (κ2) is 5.41. The minimum Gasteiger partial charge on any atom is -0.455 e. The molecule has 1 heterocycles. The van der Waals surface area contributed by atoms with Gasteiger partial charge in [0.25, 0.3) is 0 Å². The standard InChI is InChI=1S/C18H17B5O/c19-13-12(14(20)16(22)17(23)15(13)21)10-6-3-5-9-8-4-1-2-7-11(8)24-18(9)10/h1-7H,19-23H2. The van der Waals surface area contributed by atoms with Crippen LogP contribution in [0.2, 0.25) is 0 Å². The molecule has 6 heteroatoms. The van der Waals surface area contributed by atoms with Crippen LogP contribution >= 0.6 is 0 Å². The van der Waals surface area contributed by atoms with E-state index in [2.05, 4.69) is 69.6 Å². The van der Waals surface area contributed by atoms with E-state index < -0.39 is 0 Å². The van der Waals surface area contributed by atoms with Crippen LogP contribution in [0.4, 0.5) is 0 Å². The second-order valence-corrected chi connectivity index (χ2v) is 6.78. The minimum absolute atomic E-state index is 0.954. The lowest BCUT2D eigenvalue weighted by molar-refractivity contribution is 0.670. The molecule has 0 amide bonds. The van der Waals surface area contributed by atoms with E-state index in [1.165, 1.54) is 49.2 Å². The van der Waals surface area contributed by atoms with Gasteiger partial charge in [0.2, 0.25) is 0 Å². The maximum absolute atomic E-state index is 6.26. The Kier molecular flexibility index (Phi) is 3.45. The quantitative estimate of drug-likeness (QED) is 0.333. The monoisotopic (exact) mass is 304 g/mol. The topological polar surface area (TPSA) is 13.1 Å². The van der Waals surface area contributed by atoms with E-state index in [0.717, 1.165) is 11.2 Å². The molecule has 4 rings (SSSR count). The van der Waals surface area contributed by atoms with Crippen molar-refractivity contribution in [3.05, 3.63) is 42.5 Å². The predicted octanol–water partition coefficient (Wildman–Crippen LogP) is -3.45. The molecule has 0 spiro atoms. The van der Waals surface area contributed by atoms with Gasteiger partial charge in [-0.3, -0.25) is 0 Å². The van der Waals surface area contributed by atoms with Crippen LogP contribution in [0, 0.1) is 0 Å². The molecule has 0 saturated heterocycles. The van der Waals surface area contributed by atoms with Gasteiger partial charge in [-0.25, -0.2) is 0 Å².